The summed E-state index contributed by atoms with van der Waals surface area (Å²) in [5, 5.41) is 3.38. The second-order valence-electron chi connectivity index (χ2n) is 4.45. The van der Waals surface area contributed by atoms with E-state index >= 15 is 0 Å². The van der Waals surface area contributed by atoms with Gasteiger partial charge in [0.1, 0.15) is 5.82 Å². The minimum atomic E-state index is -0.00987. The highest BCUT2D eigenvalue weighted by atomic mass is 16.5. The zero-order chi connectivity index (χ0) is 12.3. The van der Waals surface area contributed by atoms with Gasteiger partial charge in [0.15, 0.2) is 0 Å². The SMILES string of the molecule is COc1cc(NC2(C)CCOCC2)nc(N)n1. The van der Waals surface area contributed by atoms with Crippen LogP contribution in [0, 0.1) is 0 Å². The summed E-state index contributed by atoms with van der Waals surface area (Å²) in [6, 6.07) is 1.75. The number of anilines is 2. The lowest BCUT2D eigenvalue weighted by Crippen LogP contribution is -2.40. The minimum absolute atomic E-state index is 0.00987. The van der Waals surface area contributed by atoms with Crippen molar-refractivity contribution < 1.29 is 9.47 Å². The van der Waals surface area contributed by atoms with Crippen molar-refractivity contribution in [3.8, 4) is 5.88 Å². The summed E-state index contributed by atoms with van der Waals surface area (Å²) in [4.78, 5) is 8.10. The molecule has 0 bridgehead atoms. The maximum atomic E-state index is 5.62. The van der Waals surface area contributed by atoms with Gasteiger partial charge < -0.3 is 20.5 Å². The van der Waals surface area contributed by atoms with Crippen molar-refractivity contribution in [3.63, 3.8) is 0 Å². The van der Waals surface area contributed by atoms with Gasteiger partial charge in [0.2, 0.25) is 11.8 Å². The molecule has 0 unspecified atom stereocenters. The minimum Gasteiger partial charge on any atom is -0.481 e. The number of rotatable bonds is 3. The smallest absolute Gasteiger partial charge is 0.225 e. The van der Waals surface area contributed by atoms with Crippen LogP contribution in [0.5, 0.6) is 5.88 Å². The summed E-state index contributed by atoms with van der Waals surface area (Å²) in [7, 11) is 1.56. The van der Waals surface area contributed by atoms with E-state index in [1.54, 1.807) is 13.2 Å². The van der Waals surface area contributed by atoms with Crippen LogP contribution in [0.25, 0.3) is 0 Å². The van der Waals surface area contributed by atoms with E-state index in [1.807, 2.05) is 0 Å². The summed E-state index contributed by atoms with van der Waals surface area (Å²) in [6.45, 7) is 3.68. The molecule has 0 spiro atoms. The molecule has 6 heteroatoms. The molecular formula is C11H18N4O2. The normalized spacial score (nSPS) is 18.7. The van der Waals surface area contributed by atoms with E-state index in [4.69, 9.17) is 15.2 Å². The molecule has 0 aromatic carbocycles. The second kappa shape index (κ2) is 4.75. The van der Waals surface area contributed by atoms with Crippen molar-refractivity contribution in [3.05, 3.63) is 6.07 Å². The van der Waals surface area contributed by atoms with Crippen LogP contribution in [-0.2, 0) is 4.74 Å². The van der Waals surface area contributed by atoms with Gasteiger partial charge in [-0.1, -0.05) is 0 Å². The van der Waals surface area contributed by atoms with Crippen LogP contribution in [0.2, 0.25) is 0 Å². The van der Waals surface area contributed by atoms with E-state index in [2.05, 4.69) is 22.2 Å². The molecule has 3 N–H and O–H groups in total. The van der Waals surface area contributed by atoms with Crippen LogP contribution in [0.3, 0.4) is 0 Å². The number of nitrogens with two attached hydrogens (primary N) is 1. The Morgan fingerprint density at radius 1 is 1.41 bits per heavy atom. The third kappa shape index (κ3) is 2.97. The van der Waals surface area contributed by atoms with Gasteiger partial charge >= 0.3 is 0 Å². The van der Waals surface area contributed by atoms with Gasteiger partial charge in [-0.2, -0.15) is 9.97 Å². The predicted octanol–water partition coefficient (Wildman–Crippen LogP) is 1.05. The van der Waals surface area contributed by atoms with Crippen molar-refractivity contribution in [2.75, 3.05) is 31.4 Å². The molecule has 0 aliphatic carbocycles. The monoisotopic (exact) mass is 238 g/mol. The molecule has 1 aliphatic heterocycles. The average molecular weight is 238 g/mol. The Balaban J connectivity index is 2.14. The highest BCUT2D eigenvalue weighted by molar-refractivity contribution is 5.44. The van der Waals surface area contributed by atoms with E-state index in [0.717, 1.165) is 26.1 Å². The molecule has 1 aliphatic rings. The van der Waals surface area contributed by atoms with Gasteiger partial charge in [-0.3, -0.25) is 0 Å². The summed E-state index contributed by atoms with van der Waals surface area (Å²) in [5.74, 6) is 1.37. The average Bonchev–Trinajstić information content (AvgIpc) is 2.28. The fourth-order valence-electron chi connectivity index (χ4n) is 1.87. The predicted molar refractivity (Wildman–Crippen MR) is 65.1 cm³/mol. The lowest BCUT2D eigenvalue weighted by atomic mass is 9.92. The molecule has 1 aromatic heterocycles. The first kappa shape index (κ1) is 11.9. The number of nitrogen functional groups attached to an aromatic ring is 1. The molecule has 2 heterocycles. The van der Waals surface area contributed by atoms with Gasteiger partial charge in [0.25, 0.3) is 0 Å². The van der Waals surface area contributed by atoms with Gasteiger partial charge in [-0.05, 0) is 19.8 Å². The Hall–Kier alpha value is -1.56. The molecule has 17 heavy (non-hydrogen) atoms. The van der Waals surface area contributed by atoms with Crippen LogP contribution in [0.15, 0.2) is 6.07 Å². The fraction of sp³-hybridized carbons (Fsp3) is 0.636. The number of aromatic nitrogens is 2. The van der Waals surface area contributed by atoms with Crippen molar-refractivity contribution in [1.82, 2.24) is 9.97 Å². The Morgan fingerprint density at radius 2 is 2.12 bits per heavy atom. The van der Waals surface area contributed by atoms with Gasteiger partial charge in [-0.25, -0.2) is 0 Å². The number of hydrogen-bond acceptors (Lipinski definition) is 6. The standard InChI is InChI=1S/C11H18N4O2/c1-11(3-5-17-6-4-11)15-8-7-9(16-2)14-10(12)13-8/h7H,3-6H2,1-2H3,(H3,12,13,14,15). The Morgan fingerprint density at radius 3 is 2.76 bits per heavy atom. The van der Waals surface area contributed by atoms with Gasteiger partial charge in [0.05, 0.1) is 7.11 Å². The van der Waals surface area contributed by atoms with Crippen molar-refractivity contribution in [2.24, 2.45) is 0 Å². The lowest BCUT2D eigenvalue weighted by molar-refractivity contribution is 0.0657. The topological polar surface area (TPSA) is 82.3 Å². The molecule has 2 rings (SSSR count). The summed E-state index contributed by atoms with van der Waals surface area (Å²) in [5.41, 5.74) is 5.61. The van der Waals surface area contributed by atoms with E-state index < -0.39 is 0 Å². The Labute approximate surface area is 101 Å². The zero-order valence-electron chi connectivity index (χ0n) is 10.2. The first-order chi connectivity index (χ1) is 8.11. The Bertz CT molecular complexity index is 391. The van der Waals surface area contributed by atoms with Crippen molar-refractivity contribution in [2.45, 2.75) is 25.3 Å². The molecule has 0 amide bonds. The number of hydrogen-bond donors (Lipinski definition) is 2. The second-order valence-corrected chi connectivity index (χ2v) is 4.45. The van der Waals surface area contributed by atoms with Crippen molar-refractivity contribution in [1.29, 1.82) is 0 Å². The van der Waals surface area contributed by atoms with E-state index in [0.29, 0.717) is 11.7 Å². The molecule has 1 saturated heterocycles. The highest BCUT2D eigenvalue weighted by Gasteiger charge is 2.27. The van der Waals surface area contributed by atoms with Crippen LogP contribution in [0.4, 0.5) is 11.8 Å². The summed E-state index contributed by atoms with van der Waals surface area (Å²) < 4.78 is 10.4. The molecular weight excluding hydrogens is 220 g/mol. The molecule has 0 saturated carbocycles. The number of nitrogens with one attached hydrogen (secondary N) is 1. The summed E-state index contributed by atoms with van der Waals surface area (Å²) >= 11 is 0. The maximum absolute atomic E-state index is 5.62. The first-order valence-corrected chi connectivity index (χ1v) is 5.66. The number of methoxy groups -OCH3 is 1. The van der Waals surface area contributed by atoms with Gasteiger partial charge in [-0.15, -0.1) is 0 Å². The van der Waals surface area contributed by atoms with Crippen LogP contribution in [-0.4, -0.2) is 35.8 Å². The van der Waals surface area contributed by atoms with Crippen LogP contribution < -0.4 is 15.8 Å². The largest absolute Gasteiger partial charge is 0.481 e. The maximum Gasteiger partial charge on any atom is 0.225 e. The highest BCUT2D eigenvalue weighted by Crippen LogP contribution is 2.25. The first-order valence-electron chi connectivity index (χ1n) is 5.66. The van der Waals surface area contributed by atoms with E-state index in [-0.39, 0.29) is 11.5 Å². The van der Waals surface area contributed by atoms with Crippen LogP contribution in [0.1, 0.15) is 19.8 Å². The third-order valence-electron chi connectivity index (χ3n) is 2.96. The number of nitrogens with zero attached hydrogens (tertiary/aromatic N) is 2. The molecule has 0 radical (unpaired) electrons. The molecule has 1 aromatic rings. The van der Waals surface area contributed by atoms with E-state index in [9.17, 15) is 0 Å². The van der Waals surface area contributed by atoms with E-state index in [1.165, 1.54) is 0 Å². The third-order valence-corrected chi connectivity index (χ3v) is 2.96. The molecule has 0 atom stereocenters. The lowest BCUT2D eigenvalue weighted by Gasteiger charge is -2.34. The number of ether oxygens (including phenoxy) is 2. The fourth-order valence-corrected chi connectivity index (χ4v) is 1.87. The molecule has 94 valence electrons. The van der Waals surface area contributed by atoms with Gasteiger partial charge in [0, 0.05) is 24.8 Å². The van der Waals surface area contributed by atoms with Crippen LogP contribution >= 0.6 is 0 Å². The molecule has 6 nitrogen and oxygen atoms in total. The quantitative estimate of drug-likeness (QED) is 0.819. The van der Waals surface area contributed by atoms with Crippen molar-refractivity contribution >= 4 is 11.8 Å². The summed E-state index contributed by atoms with van der Waals surface area (Å²) in [6.07, 6.45) is 1.89. The Kier molecular flexibility index (Phi) is 3.33. The molecule has 1 fully saturated rings. The zero-order valence-corrected chi connectivity index (χ0v) is 10.2.